The Morgan fingerprint density at radius 1 is 1.10 bits per heavy atom. The highest BCUT2D eigenvalue weighted by Gasteiger charge is 2.17. The van der Waals surface area contributed by atoms with Crippen LogP contribution in [0.1, 0.15) is 28.6 Å². The van der Waals surface area contributed by atoms with Crippen molar-refractivity contribution in [3.8, 4) is 0 Å². The molecule has 20 heavy (non-hydrogen) atoms. The van der Waals surface area contributed by atoms with Gasteiger partial charge in [0.1, 0.15) is 11.3 Å². The molecule has 0 saturated heterocycles. The third-order valence-corrected chi connectivity index (χ3v) is 3.52. The van der Waals surface area contributed by atoms with E-state index >= 15 is 0 Å². The van der Waals surface area contributed by atoms with Gasteiger partial charge in [-0.15, -0.1) is 0 Å². The summed E-state index contributed by atoms with van der Waals surface area (Å²) in [5.41, 5.74) is 4.34. The summed E-state index contributed by atoms with van der Waals surface area (Å²) < 4.78 is 5.99. The van der Waals surface area contributed by atoms with Gasteiger partial charge in [-0.25, -0.2) is 0 Å². The number of benzene rings is 1. The summed E-state index contributed by atoms with van der Waals surface area (Å²) in [6.07, 6.45) is 1.84. The summed E-state index contributed by atoms with van der Waals surface area (Å²) in [5.74, 6) is 0.929. The molecular formula is C17H18N2O. The van der Waals surface area contributed by atoms with Crippen molar-refractivity contribution in [1.82, 2.24) is 10.3 Å². The molecule has 1 atom stereocenters. The summed E-state index contributed by atoms with van der Waals surface area (Å²) in [6, 6.07) is 12.5. The molecular weight excluding hydrogens is 248 g/mol. The van der Waals surface area contributed by atoms with Crippen LogP contribution in [-0.4, -0.2) is 12.0 Å². The Labute approximate surface area is 118 Å². The number of hydrogen-bond donors (Lipinski definition) is 1. The van der Waals surface area contributed by atoms with Gasteiger partial charge in [0.2, 0.25) is 0 Å². The Morgan fingerprint density at radius 2 is 1.95 bits per heavy atom. The fourth-order valence-electron chi connectivity index (χ4n) is 2.55. The molecule has 3 nitrogen and oxygen atoms in total. The van der Waals surface area contributed by atoms with E-state index in [0.29, 0.717) is 0 Å². The van der Waals surface area contributed by atoms with E-state index in [1.807, 2.05) is 32.3 Å². The molecule has 1 aromatic carbocycles. The van der Waals surface area contributed by atoms with Gasteiger partial charge < -0.3 is 9.73 Å². The van der Waals surface area contributed by atoms with Crippen LogP contribution in [0.2, 0.25) is 0 Å². The van der Waals surface area contributed by atoms with Crippen molar-refractivity contribution in [1.29, 1.82) is 0 Å². The Hall–Kier alpha value is -2.13. The van der Waals surface area contributed by atoms with Crippen molar-refractivity contribution in [2.24, 2.45) is 0 Å². The number of furan rings is 1. The molecule has 2 aromatic heterocycles. The molecule has 0 bridgehead atoms. The summed E-state index contributed by atoms with van der Waals surface area (Å²) in [7, 11) is 1.94. The largest absolute Gasteiger partial charge is 0.459 e. The van der Waals surface area contributed by atoms with Crippen molar-refractivity contribution >= 4 is 11.0 Å². The fourth-order valence-corrected chi connectivity index (χ4v) is 2.55. The second kappa shape index (κ2) is 5.10. The lowest BCUT2D eigenvalue weighted by molar-refractivity contribution is 0.491. The predicted octanol–water partition coefficient (Wildman–Crippen LogP) is 3.75. The summed E-state index contributed by atoms with van der Waals surface area (Å²) in [6.45, 7) is 4.09. The summed E-state index contributed by atoms with van der Waals surface area (Å²) in [5, 5.41) is 4.46. The van der Waals surface area contributed by atoms with E-state index in [-0.39, 0.29) is 6.04 Å². The van der Waals surface area contributed by atoms with Gasteiger partial charge in [-0.3, -0.25) is 4.98 Å². The van der Waals surface area contributed by atoms with Crippen LogP contribution in [0.25, 0.3) is 11.0 Å². The third kappa shape index (κ3) is 2.32. The first-order chi connectivity index (χ1) is 9.67. The number of nitrogens with one attached hydrogen (secondary N) is 1. The Morgan fingerprint density at radius 3 is 2.70 bits per heavy atom. The van der Waals surface area contributed by atoms with E-state index in [4.69, 9.17) is 4.42 Å². The van der Waals surface area contributed by atoms with Crippen LogP contribution in [0, 0.1) is 13.8 Å². The lowest BCUT2D eigenvalue weighted by Gasteiger charge is -2.14. The number of hydrogen-bond acceptors (Lipinski definition) is 3. The molecule has 1 N–H and O–H groups in total. The fraction of sp³-hybridized carbons (Fsp3) is 0.235. The molecule has 3 rings (SSSR count). The molecule has 0 spiro atoms. The molecule has 0 fully saturated rings. The number of rotatable bonds is 3. The zero-order valence-electron chi connectivity index (χ0n) is 12.0. The number of aryl methyl sites for hydroxylation is 2. The lowest BCUT2D eigenvalue weighted by atomic mass is 10.0. The highest BCUT2D eigenvalue weighted by atomic mass is 16.3. The Bertz CT molecular complexity index is 746. The minimum atomic E-state index is 0.0457. The second-order valence-corrected chi connectivity index (χ2v) is 5.14. The van der Waals surface area contributed by atoms with E-state index < -0.39 is 0 Å². The molecule has 0 amide bonds. The zero-order chi connectivity index (χ0) is 14.1. The Kier molecular flexibility index (Phi) is 3.28. The Balaban J connectivity index is 2.07. The van der Waals surface area contributed by atoms with Crippen LogP contribution < -0.4 is 5.32 Å². The zero-order valence-corrected chi connectivity index (χ0v) is 12.0. The quantitative estimate of drug-likeness (QED) is 0.784. The van der Waals surface area contributed by atoms with E-state index in [1.54, 1.807) is 0 Å². The number of aromatic nitrogens is 1. The molecule has 1 unspecified atom stereocenters. The molecule has 102 valence electrons. The molecule has 0 aliphatic heterocycles. The lowest BCUT2D eigenvalue weighted by Crippen LogP contribution is -2.17. The third-order valence-electron chi connectivity index (χ3n) is 3.52. The second-order valence-electron chi connectivity index (χ2n) is 5.14. The maximum atomic E-state index is 5.99. The van der Waals surface area contributed by atoms with E-state index in [1.165, 1.54) is 5.56 Å². The monoisotopic (exact) mass is 266 g/mol. The van der Waals surface area contributed by atoms with Crippen molar-refractivity contribution in [3.05, 3.63) is 65.2 Å². The van der Waals surface area contributed by atoms with Crippen LogP contribution in [0.4, 0.5) is 0 Å². The molecule has 3 aromatic rings. The van der Waals surface area contributed by atoms with Crippen molar-refractivity contribution in [3.63, 3.8) is 0 Å². The smallest absolute Gasteiger partial charge is 0.134 e. The van der Waals surface area contributed by atoms with Gasteiger partial charge in [0.15, 0.2) is 0 Å². The van der Waals surface area contributed by atoms with E-state index in [0.717, 1.165) is 28.0 Å². The van der Waals surface area contributed by atoms with Gasteiger partial charge in [-0.2, -0.15) is 0 Å². The van der Waals surface area contributed by atoms with Crippen LogP contribution >= 0.6 is 0 Å². The van der Waals surface area contributed by atoms with Crippen molar-refractivity contribution in [2.45, 2.75) is 19.9 Å². The first kappa shape index (κ1) is 12.9. The molecule has 3 heteroatoms. The van der Waals surface area contributed by atoms with Gasteiger partial charge in [0.25, 0.3) is 0 Å². The maximum Gasteiger partial charge on any atom is 0.134 e. The standard InChI is InChI=1S/C17H18N2O/c1-11-4-5-15-14(8-11)10-16(20-15)17(18-3)13-6-7-19-12(2)9-13/h4-10,17-18H,1-3H3. The van der Waals surface area contributed by atoms with Gasteiger partial charge in [-0.05, 0) is 56.8 Å². The van der Waals surface area contributed by atoms with Crippen LogP contribution in [-0.2, 0) is 0 Å². The number of nitrogens with zero attached hydrogens (tertiary/aromatic N) is 1. The van der Waals surface area contributed by atoms with Crippen molar-refractivity contribution < 1.29 is 4.42 Å². The van der Waals surface area contributed by atoms with Crippen molar-refractivity contribution in [2.75, 3.05) is 7.05 Å². The molecule has 2 heterocycles. The van der Waals surface area contributed by atoms with Crippen LogP contribution in [0.15, 0.2) is 47.0 Å². The minimum Gasteiger partial charge on any atom is -0.459 e. The first-order valence-corrected chi connectivity index (χ1v) is 6.77. The van der Waals surface area contributed by atoms with Gasteiger partial charge >= 0.3 is 0 Å². The molecule has 0 aliphatic carbocycles. The summed E-state index contributed by atoms with van der Waals surface area (Å²) >= 11 is 0. The minimum absolute atomic E-state index is 0.0457. The normalized spacial score (nSPS) is 12.8. The van der Waals surface area contributed by atoms with Crippen LogP contribution in [0.5, 0.6) is 0 Å². The van der Waals surface area contributed by atoms with Gasteiger partial charge in [0.05, 0.1) is 6.04 Å². The molecule has 0 radical (unpaired) electrons. The molecule has 0 saturated carbocycles. The van der Waals surface area contributed by atoms with Crippen LogP contribution in [0.3, 0.4) is 0 Å². The van der Waals surface area contributed by atoms with Gasteiger partial charge in [-0.1, -0.05) is 11.6 Å². The highest BCUT2D eigenvalue weighted by Crippen LogP contribution is 2.28. The number of fused-ring (bicyclic) bond motifs is 1. The first-order valence-electron chi connectivity index (χ1n) is 6.77. The average molecular weight is 266 g/mol. The SMILES string of the molecule is CNC(c1ccnc(C)c1)c1cc2cc(C)ccc2o1. The van der Waals surface area contributed by atoms with Gasteiger partial charge in [0, 0.05) is 17.3 Å². The predicted molar refractivity (Wildman–Crippen MR) is 80.8 cm³/mol. The maximum absolute atomic E-state index is 5.99. The topological polar surface area (TPSA) is 38.1 Å². The average Bonchev–Trinajstić information content (AvgIpc) is 2.82. The van der Waals surface area contributed by atoms with E-state index in [2.05, 4.69) is 41.5 Å². The summed E-state index contributed by atoms with van der Waals surface area (Å²) in [4.78, 5) is 4.25. The van der Waals surface area contributed by atoms with E-state index in [9.17, 15) is 0 Å². The highest BCUT2D eigenvalue weighted by molar-refractivity contribution is 5.78. The molecule has 0 aliphatic rings. The number of pyridine rings is 1.